The van der Waals surface area contributed by atoms with E-state index in [4.69, 9.17) is 0 Å². The molecule has 1 fully saturated rings. The number of amides is 1. The first-order valence-corrected chi connectivity index (χ1v) is 5.45. The lowest BCUT2D eigenvalue weighted by molar-refractivity contribution is -0.122. The first-order chi connectivity index (χ1) is 7.22. The van der Waals surface area contributed by atoms with E-state index < -0.39 is 0 Å². The lowest BCUT2D eigenvalue weighted by atomic mass is 9.89. The second-order valence-electron chi connectivity index (χ2n) is 4.22. The standard InChI is InChI=1S/C11H17N3O/c1-3-8-5-13-11(15)10(8)4-9-6-12-7-14(9)2/h6-8,10H,3-5H2,1-2H3,(H,13,15)/t8-,10+/m0/s1. The third-order valence-electron chi connectivity index (χ3n) is 3.31. The molecule has 1 aromatic heterocycles. The van der Waals surface area contributed by atoms with Crippen LogP contribution >= 0.6 is 0 Å². The molecule has 1 amide bonds. The molecule has 4 heteroatoms. The van der Waals surface area contributed by atoms with E-state index in [-0.39, 0.29) is 11.8 Å². The van der Waals surface area contributed by atoms with Gasteiger partial charge in [0.15, 0.2) is 0 Å². The maximum absolute atomic E-state index is 11.6. The molecule has 0 radical (unpaired) electrons. The second-order valence-corrected chi connectivity index (χ2v) is 4.22. The van der Waals surface area contributed by atoms with Gasteiger partial charge in [-0.15, -0.1) is 0 Å². The molecule has 15 heavy (non-hydrogen) atoms. The summed E-state index contributed by atoms with van der Waals surface area (Å²) in [7, 11) is 1.97. The molecule has 0 saturated carbocycles. The molecular weight excluding hydrogens is 190 g/mol. The smallest absolute Gasteiger partial charge is 0.223 e. The highest BCUT2D eigenvalue weighted by atomic mass is 16.2. The van der Waals surface area contributed by atoms with Crippen LogP contribution in [-0.4, -0.2) is 22.0 Å². The van der Waals surface area contributed by atoms with Crippen LogP contribution in [0, 0.1) is 11.8 Å². The first kappa shape index (κ1) is 10.2. The minimum absolute atomic E-state index is 0.130. The van der Waals surface area contributed by atoms with E-state index in [1.54, 1.807) is 6.33 Å². The molecule has 1 aliphatic heterocycles. The lowest BCUT2D eigenvalue weighted by Gasteiger charge is -2.14. The molecule has 1 aromatic rings. The SMILES string of the molecule is CC[C@H]1CNC(=O)[C@@H]1Cc1cncn1C. The number of hydrogen-bond acceptors (Lipinski definition) is 2. The van der Waals surface area contributed by atoms with E-state index in [1.165, 1.54) is 0 Å². The summed E-state index contributed by atoms with van der Waals surface area (Å²) < 4.78 is 1.98. The molecule has 0 aromatic carbocycles. The zero-order valence-electron chi connectivity index (χ0n) is 9.23. The van der Waals surface area contributed by atoms with Gasteiger partial charge in [0.2, 0.25) is 5.91 Å². The van der Waals surface area contributed by atoms with Crippen molar-refractivity contribution in [1.82, 2.24) is 14.9 Å². The van der Waals surface area contributed by atoms with E-state index in [9.17, 15) is 4.79 Å². The van der Waals surface area contributed by atoms with Gasteiger partial charge in [-0.25, -0.2) is 4.98 Å². The molecule has 4 nitrogen and oxygen atoms in total. The van der Waals surface area contributed by atoms with Crippen molar-refractivity contribution >= 4 is 5.91 Å². The predicted molar refractivity (Wildman–Crippen MR) is 57.2 cm³/mol. The summed E-state index contributed by atoms with van der Waals surface area (Å²) in [5.41, 5.74) is 1.13. The number of aryl methyl sites for hydroxylation is 1. The number of nitrogens with zero attached hydrogens (tertiary/aromatic N) is 2. The van der Waals surface area contributed by atoms with Crippen LogP contribution in [0.25, 0.3) is 0 Å². The molecule has 1 saturated heterocycles. The van der Waals surface area contributed by atoms with Gasteiger partial charge in [0.05, 0.1) is 6.33 Å². The maximum Gasteiger partial charge on any atom is 0.223 e. The van der Waals surface area contributed by atoms with Crippen LogP contribution in [0.15, 0.2) is 12.5 Å². The molecular formula is C11H17N3O. The third-order valence-corrected chi connectivity index (χ3v) is 3.31. The van der Waals surface area contributed by atoms with Crippen LogP contribution in [0.5, 0.6) is 0 Å². The number of aromatic nitrogens is 2. The van der Waals surface area contributed by atoms with Gasteiger partial charge in [-0.3, -0.25) is 4.79 Å². The van der Waals surface area contributed by atoms with E-state index in [1.807, 2.05) is 17.8 Å². The molecule has 2 atom stereocenters. The van der Waals surface area contributed by atoms with Gasteiger partial charge in [-0.05, 0) is 5.92 Å². The van der Waals surface area contributed by atoms with Crippen molar-refractivity contribution in [3.63, 3.8) is 0 Å². The average Bonchev–Trinajstić information content (AvgIpc) is 2.77. The fraction of sp³-hybridized carbons (Fsp3) is 0.636. The van der Waals surface area contributed by atoms with Crippen molar-refractivity contribution < 1.29 is 4.79 Å². The molecule has 0 aliphatic carbocycles. The Morgan fingerprint density at radius 3 is 3.07 bits per heavy atom. The van der Waals surface area contributed by atoms with Crippen LogP contribution in [0.3, 0.4) is 0 Å². The lowest BCUT2D eigenvalue weighted by Crippen LogP contribution is -2.22. The van der Waals surface area contributed by atoms with Crippen molar-refractivity contribution in [2.45, 2.75) is 19.8 Å². The van der Waals surface area contributed by atoms with E-state index >= 15 is 0 Å². The highest BCUT2D eigenvalue weighted by Crippen LogP contribution is 2.24. The van der Waals surface area contributed by atoms with E-state index in [2.05, 4.69) is 17.2 Å². The van der Waals surface area contributed by atoms with Gasteiger partial charge >= 0.3 is 0 Å². The van der Waals surface area contributed by atoms with Crippen LogP contribution in [0.4, 0.5) is 0 Å². The van der Waals surface area contributed by atoms with Gasteiger partial charge < -0.3 is 9.88 Å². The fourth-order valence-electron chi connectivity index (χ4n) is 2.21. The van der Waals surface area contributed by atoms with E-state index in [0.29, 0.717) is 5.92 Å². The minimum atomic E-state index is 0.130. The second kappa shape index (κ2) is 4.04. The summed E-state index contributed by atoms with van der Waals surface area (Å²) in [6.07, 6.45) is 5.49. The molecule has 0 bridgehead atoms. The molecule has 1 aliphatic rings. The molecule has 82 valence electrons. The number of carbonyl (C=O) groups is 1. The Hall–Kier alpha value is -1.32. The van der Waals surface area contributed by atoms with Crippen LogP contribution < -0.4 is 5.32 Å². The molecule has 0 unspecified atom stereocenters. The minimum Gasteiger partial charge on any atom is -0.356 e. The van der Waals surface area contributed by atoms with Gasteiger partial charge in [0.25, 0.3) is 0 Å². The monoisotopic (exact) mass is 207 g/mol. The highest BCUT2D eigenvalue weighted by molar-refractivity contribution is 5.81. The van der Waals surface area contributed by atoms with Crippen LogP contribution in [0.2, 0.25) is 0 Å². The number of imidazole rings is 1. The van der Waals surface area contributed by atoms with Crippen molar-refractivity contribution in [3.8, 4) is 0 Å². The normalized spacial score (nSPS) is 25.6. The largest absolute Gasteiger partial charge is 0.356 e. The summed E-state index contributed by atoms with van der Waals surface area (Å²) in [5, 5.41) is 2.93. The van der Waals surface area contributed by atoms with Gasteiger partial charge in [-0.1, -0.05) is 13.3 Å². The number of rotatable bonds is 3. The van der Waals surface area contributed by atoms with Crippen molar-refractivity contribution in [1.29, 1.82) is 0 Å². The Balaban J connectivity index is 2.10. The number of carbonyl (C=O) groups excluding carboxylic acids is 1. The summed E-state index contributed by atoms with van der Waals surface area (Å²) in [4.78, 5) is 15.7. The Morgan fingerprint density at radius 2 is 2.47 bits per heavy atom. The van der Waals surface area contributed by atoms with Crippen molar-refractivity contribution in [2.24, 2.45) is 18.9 Å². The number of hydrogen-bond donors (Lipinski definition) is 1. The van der Waals surface area contributed by atoms with Crippen molar-refractivity contribution in [2.75, 3.05) is 6.54 Å². The summed E-state index contributed by atoms with van der Waals surface area (Å²) in [6, 6.07) is 0. The topological polar surface area (TPSA) is 46.9 Å². The summed E-state index contributed by atoms with van der Waals surface area (Å²) >= 11 is 0. The zero-order chi connectivity index (χ0) is 10.8. The predicted octanol–water partition coefficient (Wildman–Crippen LogP) is 0.735. The van der Waals surface area contributed by atoms with Gasteiger partial charge in [0, 0.05) is 37.8 Å². The van der Waals surface area contributed by atoms with Gasteiger partial charge in [-0.2, -0.15) is 0 Å². The average molecular weight is 207 g/mol. The van der Waals surface area contributed by atoms with Crippen molar-refractivity contribution in [3.05, 3.63) is 18.2 Å². The molecule has 1 N–H and O–H groups in total. The number of nitrogens with one attached hydrogen (secondary N) is 1. The quantitative estimate of drug-likeness (QED) is 0.794. The first-order valence-electron chi connectivity index (χ1n) is 5.45. The molecule has 0 spiro atoms. The maximum atomic E-state index is 11.6. The fourth-order valence-corrected chi connectivity index (χ4v) is 2.21. The van der Waals surface area contributed by atoms with Crippen LogP contribution in [-0.2, 0) is 18.3 Å². The van der Waals surface area contributed by atoms with E-state index in [0.717, 1.165) is 25.1 Å². The molecule has 2 rings (SSSR count). The Kier molecular flexibility index (Phi) is 2.75. The Labute approximate surface area is 89.7 Å². The summed E-state index contributed by atoms with van der Waals surface area (Å²) in [6.45, 7) is 2.97. The molecule has 2 heterocycles. The Bertz CT molecular complexity index is 358. The summed E-state index contributed by atoms with van der Waals surface area (Å²) in [5.74, 6) is 0.806. The van der Waals surface area contributed by atoms with Crippen LogP contribution in [0.1, 0.15) is 19.0 Å². The van der Waals surface area contributed by atoms with Gasteiger partial charge in [0.1, 0.15) is 0 Å². The highest BCUT2D eigenvalue weighted by Gasteiger charge is 2.33. The zero-order valence-corrected chi connectivity index (χ0v) is 9.23. The third kappa shape index (κ3) is 1.89. The Morgan fingerprint density at radius 1 is 1.67 bits per heavy atom.